The maximum absolute atomic E-state index is 12.5. The van der Waals surface area contributed by atoms with Gasteiger partial charge in [-0.1, -0.05) is 0 Å². The van der Waals surface area contributed by atoms with Crippen LogP contribution in [0, 0.1) is 0 Å². The van der Waals surface area contributed by atoms with Crippen LogP contribution in [0.25, 0.3) is 22.8 Å². The second-order valence-electron chi connectivity index (χ2n) is 15.3. The van der Waals surface area contributed by atoms with Crippen LogP contribution in [-0.4, -0.2) is 172 Å². The van der Waals surface area contributed by atoms with Gasteiger partial charge in [-0.05, 0) is 81.5 Å². The molecule has 19 heteroatoms. The third-order valence-electron chi connectivity index (χ3n) is 11.0. The van der Waals surface area contributed by atoms with E-state index in [0.717, 1.165) is 101 Å². The highest BCUT2D eigenvalue weighted by Crippen LogP contribution is 2.26. The van der Waals surface area contributed by atoms with Crippen LogP contribution >= 0.6 is 0 Å². The molecule has 2 amide bonds. The first-order valence-electron chi connectivity index (χ1n) is 21.0. The van der Waals surface area contributed by atoms with Crippen LogP contribution in [0.4, 0.5) is 40.0 Å². The molecular formula is C41H56N14O5. The Morgan fingerprint density at radius 2 is 0.883 bits per heavy atom. The van der Waals surface area contributed by atoms with Gasteiger partial charge < -0.3 is 59.8 Å². The first kappa shape index (κ1) is 41.3. The minimum absolute atomic E-state index is 0.170. The average molecular weight is 825 g/mol. The second kappa shape index (κ2) is 20.2. The van der Waals surface area contributed by atoms with Crippen molar-refractivity contribution >= 4 is 41.2 Å². The number of nitrogens with two attached hydrogens (primary N) is 1. The zero-order chi connectivity index (χ0) is 41.1. The molecular weight excluding hydrogens is 769 g/mol. The minimum Gasteiger partial charge on any atom is -0.399 e. The Labute approximate surface area is 350 Å². The van der Waals surface area contributed by atoms with Gasteiger partial charge in [0.15, 0.2) is 11.6 Å². The zero-order valence-electron chi connectivity index (χ0n) is 34.4. The van der Waals surface area contributed by atoms with E-state index in [0.29, 0.717) is 88.3 Å². The van der Waals surface area contributed by atoms with E-state index in [1.165, 1.54) is 0 Å². The van der Waals surface area contributed by atoms with E-state index in [-0.39, 0.29) is 12.1 Å². The van der Waals surface area contributed by atoms with Crippen molar-refractivity contribution in [3.8, 4) is 22.8 Å². The number of ether oxygens (including phenoxy) is 4. The largest absolute Gasteiger partial charge is 0.399 e. The molecule has 4 N–H and O–H groups in total. The van der Waals surface area contributed by atoms with E-state index in [1.807, 2.05) is 48.5 Å². The van der Waals surface area contributed by atoms with Gasteiger partial charge in [-0.25, -0.2) is 4.79 Å². The fourth-order valence-electron chi connectivity index (χ4n) is 7.43. The summed E-state index contributed by atoms with van der Waals surface area (Å²) >= 11 is 0. The molecule has 0 bridgehead atoms. The third kappa shape index (κ3) is 11.0. The summed E-state index contributed by atoms with van der Waals surface area (Å²) in [4.78, 5) is 51.8. The first-order valence-corrected chi connectivity index (χ1v) is 21.0. The Hall–Kier alpha value is -5.47. The molecule has 7 heterocycles. The predicted molar refractivity (Wildman–Crippen MR) is 230 cm³/mol. The monoisotopic (exact) mass is 824 g/mol. The highest BCUT2D eigenvalue weighted by molar-refractivity contribution is 5.89. The summed E-state index contributed by atoms with van der Waals surface area (Å²) in [7, 11) is 2.11. The Balaban J connectivity index is 0.000000176. The van der Waals surface area contributed by atoms with E-state index in [2.05, 4.69) is 42.2 Å². The number of amides is 2. The number of hydrogen-bond acceptors (Lipinski definition) is 17. The van der Waals surface area contributed by atoms with Crippen molar-refractivity contribution in [3.05, 3.63) is 48.5 Å². The van der Waals surface area contributed by atoms with Gasteiger partial charge in [0.1, 0.15) is 0 Å². The fourth-order valence-corrected chi connectivity index (χ4v) is 7.43. The molecule has 0 unspecified atom stereocenters. The minimum atomic E-state index is -0.170. The predicted octanol–water partition coefficient (Wildman–Crippen LogP) is 2.22. The maximum atomic E-state index is 12.5. The van der Waals surface area contributed by atoms with Crippen molar-refractivity contribution in [2.24, 2.45) is 0 Å². The molecule has 9 rings (SSSR count). The van der Waals surface area contributed by atoms with Gasteiger partial charge in [-0.3, -0.25) is 0 Å². The van der Waals surface area contributed by atoms with Crippen LogP contribution in [0.1, 0.15) is 12.8 Å². The van der Waals surface area contributed by atoms with Crippen LogP contribution in [0.3, 0.4) is 0 Å². The van der Waals surface area contributed by atoms with Gasteiger partial charge in [0.05, 0.1) is 52.9 Å². The van der Waals surface area contributed by atoms with Crippen LogP contribution in [0.2, 0.25) is 0 Å². The number of hydrogen-bond donors (Lipinski definition) is 3. The fraction of sp³-hybridized carbons (Fsp3) is 0.537. The number of aromatic nitrogens is 6. The summed E-state index contributed by atoms with van der Waals surface area (Å²) < 4.78 is 21.9. The zero-order valence-corrected chi connectivity index (χ0v) is 34.4. The molecule has 5 aliphatic rings. The van der Waals surface area contributed by atoms with E-state index in [9.17, 15) is 4.79 Å². The number of nitrogens with zero attached hydrogens (tertiary/aromatic N) is 11. The number of nitrogen functional groups attached to an aromatic ring is 1. The molecule has 0 aliphatic carbocycles. The summed E-state index contributed by atoms with van der Waals surface area (Å²) in [5.41, 5.74) is 9.06. The SMILES string of the molecule is CN1CCC(NC(=O)Nc2ccc(-c3nc(N4CCOCC4)nc(N4CCOCC4)n3)cc2)CC1.Nc1ccc(-c2nc(N3CCOCC3)nc(N3CCOCC3)n2)cc1. The van der Waals surface area contributed by atoms with Crippen LogP contribution in [0.15, 0.2) is 48.5 Å². The first-order chi connectivity index (χ1) is 29.4. The van der Waals surface area contributed by atoms with E-state index in [4.69, 9.17) is 54.6 Å². The summed E-state index contributed by atoms with van der Waals surface area (Å²) in [6.45, 7) is 13.6. The van der Waals surface area contributed by atoms with Crippen molar-refractivity contribution in [2.45, 2.75) is 18.9 Å². The maximum Gasteiger partial charge on any atom is 0.319 e. The number of morpholine rings is 4. The molecule has 320 valence electrons. The van der Waals surface area contributed by atoms with Crippen LogP contribution in [-0.2, 0) is 18.9 Å². The molecule has 0 spiro atoms. The van der Waals surface area contributed by atoms with Gasteiger partial charge in [0.2, 0.25) is 23.8 Å². The second-order valence-corrected chi connectivity index (χ2v) is 15.3. The van der Waals surface area contributed by atoms with Gasteiger partial charge in [0, 0.05) is 80.9 Å². The Kier molecular flexibility index (Phi) is 13.9. The molecule has 19 nitrogen and oxygen atoms in total. The number of carbonyl (C=O) groups excluding carboxylic acids is 1. The molecule has 2 aromatic heterocycles. The molecule has 0 saturated carbocycles. The molecule has 5 saturated heterocycles. The van der Waals surface area contributed by atoms with E-state index >= 15 is 0 Å². The lowest BCUT2D eigenvalue weighted by molar-refractivity contribution is 0.121. The number of anilines is 6. The number of carbonyl (C=O) groups is 1. The molecule has 2 aromatic carbocycles. The van der Waals surface area contributed by atoms with E-state index in [1.54, 1.807) is 0 Å². The van der Waals surface area contributed by atoms with Crippen LogP contribution < -0.4 is 36.0 Å². The molecule has 5 fully saturated rings. The summed E-state index contributed by atoms with van der Waals surface area (Å²) in [6, 6.07) is 15.3. The highest BCUT2D eigenvalue weighted by Gasteiger charge is 2.24. The molecule has 5 aliphatic heterocycles. The molecule has 0 atom stereocenters. The number of urea groups is 1. The van der Waals surface area contributed by atoms with E-state index < -0.39 is 0 Å². The number of nitrogens with one attached hydrogen (secondary N) is 2. The average Bonchev–Trinajstić information content (AvgIpc) is 3.31. The third-order valence-corrected chi connectivity index (χ3v) is 11.0. The summed E-state index contributed by atoms with van der Waals surface area (Å²) in [5, 5.41) is 6.02. The van der Waals surface area contributed by atoms with Crippen molar-refractivity contribution < 1.29 is 23.7 Å². The van der Waals surface area contributed by atoms with Gasteiger partial charge in [-0.15, -0.1) is 0 Å². The molecule has 0 radical (unpaired) electrons. The Morgan fingerprint density at radius 1 is 0.533 bits per heavy atom. The van der Waals surface area contributed by atoms with Crippen molar-refractivity contribution in [1.82, 2.24) is 40.1 Å². The number of rotatable bonds is 8. The van der Waals surface area contributed by atoms with Crippen molar-refractivity contribution in [2.75, 3.05) is 156 Å². The van der Waals surface area contributed by atoms with Crippen molar-refractivity contribution in [3.63, 3.8) is 0 Å². The van der Waals surface area contributed by atoms with Gasteiger partial charge in [0.25, 0.3) is 0 Å². The van der Waals surface area contributed by atoms with Gasteiger partial charge in [-0.2, -0.15) is 29.9 Å². The van der Waals surface area contributed by atoms with Crippen molar-refractivity contribution in [1.29, 1.82) is 0 Å². The van der Waals surface area contributed by atoms with Crippen LogP contribution in [0.5, 0.6) is 0 Å². The normalized spacial score (nSPS) is 19.4. The lowest BCUT2D eigenvalue weighted by atomic mass is 10.1. The Bertz CT molecular complexity index is 1910. The molecule has 4 aromatic rings. The summed E-state index contributed by atoms with van der Waals surface area (Å²) in [5.74, 6) is 4.01. The number of benzene rings is 2. The highest BCUT2D eigenvalue weighted by atomic mass is 16.5. The van der Waals surface area contributed by atoms with Gasteiger partial charge >= 0.3 is 6.03 Å². The quantitative estimate of drug-likeness (QED) is 0.219. The lowest BCUT2D eigenvalue weighted by Crippen LogP contribution is -2.44. The summed E-state index contributed by atoms with van der Waals surface area (Å²) in [6.07, 6.45) is 1.94. The Morgan fingerprint density at radius 3 is 1.25 bits per heavy atom. The smallest absolute Gasteiger partial charge is 0.319 e. The number of piperidine rings is 1. The topological polar surface area (TPSA) is 198 Å². The number of likely N-dealkylation sites (tertiary alicyclic amines) is 1. The lowest BCUT2D eigenvalue weighted by Gasteiger charge is -2.30. The standard InChI is InChI=1S/C24H34N8O3.C17H22N6O2/c1-30-8-6-20(7-9-30)26-24(33)25-19-4-2-18(3-5-19)21-27-22(31-10-14-34-15-11-31)29-23(28-21)32-12-16-35-17-13-32;18-14-3-1-13(2-4-14)15-19-16(22-5-9-24-10-6-22)21-17(20-15)23-7-11-25-12-8-23/h2-5,20H,6-17H2,1H3,(H2,25,26,33);1-4H,5-12,18H2. The molecule has 60 heavy (non-hydrogen) atoms.